The topological polar surface area (TPSA) is 135 Å². The minimum atomic E-state index is -0.261. The lowest BCUT2D eigenvalue weighted by Gasteiger charge is -2.14. The summed E-state index contributed by atoms with van der Waals surface area (Å²) in [5, 5.41) is 10.7. The van der Waals surface area contributed by atoms with Gasteiger partial charge in [-0.3, -0.25) is 15.2 Å². The molecule has 1 aliphatic carbocycles. The van der Waals surface area contributed by atoms with Crippen molar-refractivity contribution in [2.24, 2.45) is 0 Å². The van der Waals surface area contributed by atoms with Crippen LogP contribution in [0.15, 0.2) is 55.1 Å². The van der Waals surface area contributed by atoms with E-state index in [-0.39, 0.29) is 12.1 Å². The number of nitrogens with one attached hydrogen (secondary N) is 4. The minimum absolute atomic E-state index is 0.0912. The quantitative estimate of drug-likeness (QED) is 0.282. The molecule has 6 rings (SSSR count). The zero-order chi connectivity index (χ0) is 26.1. The molecule has 0 bridgehead atoms. The van der Waals surface area contributed by atoms with E-state index in [4.69, 9.17) is 0 Å². The molecule has 5 heterocycles. The van der Waals surface area contributed by atoms with E-state index < -0.39 is 0 Å². The van der Waals surface area contributed by atoms with E-state index in [1.54, 1.807) is 23.1 Å². The Labute approximate surface area is 220 Å². The summed E-state index contributed by atoms with van der Waals surface area (Å²) in [6.45, 7) is 4.39. The van der Waals surface area contributed by atoms with Gasteiger partial charge >= 0.3 is 0 Å². The molecule has 4 N–H and O–H groups in total. The van der Waals surface area contributed by atoms with Crippen molar-refractivity contribution in [2.45, 2.75) is 57.8 Å². The summed E-state index contributed by atoms with van der Waals surface area (Å²) in [6.07, 6.45) is 10.8. The molecule has 2 aliphatic rings. The number of aromatic nitrogens is 6. The average Bonchev–Trinajstić information content (AvgIpc) is 3.52. The van der Waals surface area contributed by atoms with Crippen LogP contribution in [0.5, 0.6) is 0 Å². The lowest BCUT2D eigenvalue weighted by molar-refractivity contribution is 0.0946. The summed E-state index contributed by atoms with van der Waals surface area (Å²) in [6, 6.07) is 9.64. The first-order valence-electron chi connectivity index (χ1n) is 12.9. The molecule has 38 heavy (non-hydrogen) atoms. The van der Waals surface area contributed by atoms with Crippen molar-refractivity contribution in [3.63, 3.8) is 0 Å². The number of carbonyl (C=O) groups excluding carboxylic acids is 1. The molecule has 0 spiro atoms. The van der Waals surface area contributed by atoms with Gasteiger partial charge < -0.3 is 10.6 Å². The van der Waals surface area contributed by atoms with Gasteiger partial charge in [0.05, 0.1) is 12.4 Å². The van der Waals surface area contributed by atoms with Crippen LogP contribution in [0.3, 0.4) is 0 Å². The van der Waals surface area contributed by atoms with Crippen molar-refractivity contribution in [2.75, 3.05) is 5.32 Å². The second-order valence-corrected chi connectivity index (χ2v) is 9.97. The molecule has 0 radical (unpaired) electrons. The van der Waals surface area contributed by atoms with E-state index >= 15 is 0 Å². The molecule has 11 nitrogen and oxygen atoms in total. The molecule has 0 aromatic carbocycles. The van der Waals surface area contributed by atoms with Crippen molar-refractivity contribution >= 4 is 11.7 Å². The van der Waals surface area contributed by atoms with Crippen molar-refractivity contribution in [1.29, 1.82) is 0 Å². The predicted octanol–water partition coefficient (Wildman–Crippen LogP) is 2.86. The molecule has 2 atom stereocenters. The van der Waals surface area contributed by atoms with Crippen molar-refractivity contribution < 1.29 is 4.79 Å². The second kappa shape index (κ2) is 10.3. The van der Waals surface area contributed by atoms with Crippen molar-refractivity contribution in [3.8, 4) is 17.2 Å². The van der Waals surface area contributed by atoms with Gasteiger partial charge in [0, 0.05) is 48.5 Å². The monoisotopic (exact) mass is 510 g/mol. The number of hydrazine groups is 1. The molecule has 4 aromatic rings. The van der Waals surface area contributed by atoms with Crippen LogP contribution in [0.25, 0.3) is 17.2 Å². The van der Waals surface area contributed by atoms with Gasteiger partial charge in [0.2, 0.25) is 0 Å². The zero-order valence-corrected chi connectivity index (χ0v) is 21.3. The maximum Gasteiger partial charge on any atom is 0.270 e. The van der Waals surface area contributed by atoms with Gasteiger partial charge in [-0.15, -0.1) is 0 Å². The van der Waals surface area contributed by atoms with Crippen LogP contribution in [0.1, 0.15) is 59.4 Å². The van der Waals surface area contributed by atoms with E-state index in [1.807, 2.05) is 43.6 Å². The fourth-order valence-corrected chi connectivity index (χ4v) is 4.44. The van der Waals surface area contributed by atoms with E-state index in [0.717, 1.165) is 34.9 Å². The van der Waals surface area contributed by atoms with Crippen LogP contribution in [-0.4, -0.2) is 47.8 Å². The van der Waals surface area contributed by atoms with E-state index in [1.165, 1.54) is 18.4 Å². The Morgan fingerprint density at radius 2 is 1.97 bits per heavy atom. The molecule has 11 heteroatoms. The summed E-state index contributed by atoms with van der Waals surface area (Å²) in [4.78, 5) is 30.7. The highest BCUT2D eigenvalue weighted by molar-refractivity contribution is 5.92. The summed E-state index contributed by atoms with van der Waals surface area (Å²) in [5.74, 6) is 2.44. The van der Waals surface area contributed by atoms with Crippen molar-refractivity contribution in [3.05, 3.63) is 77.6 Å². The summed E-state index contributed by atoms with van der Waals surface area (Å²) in [5.41, 5.74) is 10.5. The number of aryl methyl sites for hydroxylation is 1. The van der Waals surface area contributed by atoms with Gasteiger partial charge in [-0.25, -0.2) is 25.1 Å². The normalized spacial score (nSPS) is 18.9. The number of rotatable bonds is 8. The molecular formula is C27H30N10O. The third-order valence-electron chi connectivity index (χ3n) is 6.67. The Bertz CT molecular complexity index is 1430. The number of nitrogens with zero attached hydrogens (tertiary/aromatic N) is 6. The molecule has 194 valence electrons. The first kappa shape index (κ1) is 24.1. The second-order valence-electron chi connectivity index (χ2n) is 9.97. The van der Waals surface area contributed by atoms with Gasteiger partial charge in [0.25, 0.3) is 5.91 Å². The van der Waals surface area contributed by atoms with Crippen LogP contribution in [0.4, 0.5) is 5.82 Å². The SMILES string of the molecule is Cc1cc(NC2CC(C)NN2)nc(-c2ccc(C(=O)NCc3ccc(-n4cc(C5CC5)cn4)nc3)nc2)n1. The zero-order valence-electron chi connectivity index (χ0n) is 21.3. The van der Waals surface area contributed by atoms with Crippen LogP contribution < -0.4 is 21.5 Å². The van der Waals surface area contributed by atoms with E-state index in [0.29, 0.717) is 30.0 Å². The number of pyridine rings is 2. The van der Waals surface area contributed by atoms with Gasteiger partial charge in [0.1, 0.15) is 11.5 Å². The smallest absolute Gasteiger partial charge is 0.270 e. The number of hydrogen-bond acceptors (Lipinski definition) is 9. The molecule has 2 unspecified atom stereocenters. The molecule has 4 aromatic heterocycles. The third kappa shape index (κ3) is 5.53. The fourth-order valence-electron chi connectivity index (χ4n) is 4.44. The standard InChI is InChI=1S/C27H30N10O/c1-16-9-23(33-24-10-17(2)35-36-24)34-26(32-16)20-6-7-22(28-13-20)27(38)30-12-18-3-8-25(29-11-18)37-15-21(14-31-37)19-4-5-19/h3,6-9,11,13-15,17,19,24,35-36H,4-5,10,12H2,1-2H3,(H,30,38)(H,32,33,34). The lowest BCUT2D eigenvalue weighted by atomic mass is 10.2. The number of carbonyl (C=O) groups is 1. The highest BCUT2D eigenvalue weighted by Crippen LogP contribution is 2.39. The number of amides is 1. The van der Waals surface area contributed by atoms with E-state index in [2.05, 4.69) is 53.4 Å². The lowest BCUT2D eigenvalue weighted by Crippen LogP contribution is -2.36. The Morgan fingerprint density at radius 3 is 2.68 bits per heavy atom. The minimum Gasteiger partial charge on any atom is -0.353 e. The maximum atomic E-state index is 12.7. The molecule has 1 saturated carbocycles. The van der Waals surface area contributed by atoms with E-state index in [9.17, 15) is 4.79 Å². The highest BCUT2D eigenvalue weighted by atomic mass is 16.1. The summed E-state index contributed by atoms with van der Waals surface area (Å²) >= 11 is 0. The van der Waals surface area contributed by atoms with Gasteiger partial charge in [-0.05, 0) is 68.4 Å². The van der Waals surface area contributed by atoms with Crippen LogP contribution in [-0.2, 0) is 6.54 Å². The largest absolute Gasteiger partial charge is 0.353 e. The highest BCUT2D eigenvalue weighted by Gasteiger charge is 2.25. The predicted molar refractivity (Wildman–Crippen MR) is 142 cm³/mol. The molecular weight excluding hydrogens is 480 g/mol. The first-order chi connectivity index (χ1) is 18.5. The molecule has 2 fully saturated rings. The number of anilines is 1. The van der Waals surface area contributed by atoms with Crippen LogP contribution >= 0.6 is 0 Å². The average molecular weight is 511 g/mol. The van der Waals surface area contributed by atoms with Crippen LogP contribution in [0, 0.1) is 6.92 Å². The van der Waals surface area contributed by atoms with Crippen LogP contribution in [0.2, 0.25) is 0 Å². The molecule has 1 aliphatic heterocycles. The van der Waals surface area contributed by atoms with Gasteiger partial charge in [-0.1, -0.05) is 6.07 Å². The summed E-state index contributed by atoms with van der Waals surface area (Å²) < 4.78 is 1.79. The summed E-state index contributed by atoms with van der Waals surface area (Å²) in [7, 11) is 0. The third-order valence-corrected chi connectivity index (χ3v) is 6.67. The maximum absolute atomic E-state index is 12.7. The fraction of sp³-hybridized carbons (Fsp3) is 0.333. The van der Waals surface area contributed by atoms with Gasteiger partial charge in [-0.2, -0.15) is 5.10 Å². The Morgan fingerprint density at radius 1 is 1.08 bits per heavy atom. The number of hydrogen-bond donors (Lipinski definition) is 4. The molecule has 1 saturated heterocycles. The van der Waals surface area contributed by atoms with Gasteiger partial charge in [0.15, 0.2) is 11.6 Å². The first-order valence-corrected chi connectivity index (χ1v) is 12.9. The Kier molecular flexibility index (Phi) is 6.52. The Hall–Kier alpha value is -4.22. The van der Waals surface area contributed by atoms with Crippen molar-refractivity contribution in [1.82, 2.24) is 45.9 Å². The molecule has 1 amide bonds. The Balaban J connectivity index is 1.06.